The van der Waals surface area contributed by atoms with Gasteiger partial charge in [-0.25, -0.2) is 4.98 Å². The van der Waals surface area contributed by atoms with Crippen molar-refractivity contribution in [3.8, 4) is 0 Å². The highest BCUT2D eigenvalue weighted by molar-refractivity contribution is 9.10. The lowest BCUT2D eigenvalue weighted by atomic mass is 10.3. The van der Waals surface area contributed by atoms with Gasteiger partial charge in [0, 0.05) is 23.8 Å². The second-order valence-corrected chi connectivity index (χ2v) is 4.34. The van der Waals surface area contributed by atoms with Crippen molar-refractivity contribution in [2.24, 2.45) is 0 Å². The number of nitrogens with one attached hydrogen (secondary N) is 1. The molecule has 4 nitrogen and oxygen atoms in total. The van der Waals surface area contributed by atoms with Gasteiger partial charge in [0.15, 0.2) is 0 Å². The van der Waals surface area contributed by atoms with E-state index in [2.05, 4.69) is 38.1 Å². The van der Waals surface area contributed by atoms with E-state index in [9.17, 15) is 4.79 Å². The van der Waals surface area contributed by atoms with Gasteiger partial charge in [-0.1, -0.05) is 6.92 Å². The van der Waals surface area contributed by atoms with E-state index in [1.807, 2.05) is 7.05 Å². The molecule has 0 unspecified atom stereocenters. The van der Waals surface area contributed by atoms with Crippen molar-refractivity contribution >= 4 is 21.8 Å². The van der Waals surface area contributed by atoms with E-state index < -0.39 is 0 Å². The Kier molecular flexibility index (Phi) is 5.42. The molecule has 0 aliphatic carbocycles. The number of carbonyl (C=O) groups excluding carboxylic acids is 1. The van der Waals surface area contributed by atoms with Gasteiger partial charge in [0.2, 0.25) is 0 Å². The molecule has 0 radical (unpaired) electrons. The van der Waals surface area contributed by atoms with Gasteiger partial charge in [-0.3, -0.25) is 4.79 Å². The van der Waals surface area contributed by atoms with Crippen molar-refractivity contribution in [1.82, 2.24) is 15.2 Å². The maximum absolute atomic E-state index is 11.7. The Morgan fingerprint density at radius 1 is 1.62 bits per heavy atom. The van der Waals surface area contributed by atoms with Crippen LogP contribution >= 0.6 is 15.9 Å². The lowest BCUT2D eigenvalue weighted by molar-refractivity contribution is 0.0944. The normalized spacial score (nSPS) is 10.5. The number of hydrogen-bond donors (Lipinski definition) is 1. The van der Waals surface area contributed by atoms with Crippen molar-refractivity contribution in [3.63, 3.8) is 0 Å². The minimum absolute atomic E-state index is 0.142. The maximum atomic E-state index is 11.7. The van der Waals surface area contributed by atoms with Gasteiger partial charge in [-0.2, -0.15) is 0 Å². The first-order chi connectivity index (χ1) is 7.65. The number of hydrogen-bond acceptors (Lipinski definition) is 3. The Bertz CT molecular complexity index is 357. The molecule has 0 bridgehead atoms. The molecule has 1 heterocycles. The highest BCUT2D eigenvalue weighted by Gasteiger charge is 2.09. The molecule has 16 heavy (non-hydrogen) atoms. The summed E-state index contributed by atoms with van der Waals surface area (Å²) in [4.78, 5) is 17.9. The van der Waals surface area contributed by atoms with Crippen LogP contribution in [0.4, 0.5) is 0 Å². The number of likely N-dealkylation sites (N-methyl/N-ethyl adjacent to an activating group) is 1. The van der Waals surface area contributed by atoms with Crippen LogP contribution in [0.25, 0.3) is 0 Å². The molecule has 0 atom stereocenters. The Labute approximate surface area is 104 Å². The molecule has 0 spiro atoms. The van der Waals surface area contributed by atoms with E-state index >= 15 is 0 Å². The Hall–Kier alpha value is -0.940. The molecule has 0 aromatic carbocycles. The lowest BCUT2D eigenvalue weighted by Crippen LogP contribution is -2.33. The molecule has 1 N–H and O–H groups in total. The fourth-order valence-corrected chi connectivity index (χ4v) is 1.59. The topological polar surface area (TPSA) is 45.2 Å². The predicted molar refractivity (Wildman–Crippen MR) is 67.4 cm³/mol. The molecule has 1 amide bonds. The largest absolute Gasteiger partial charge is 0.349 e. The average Bonchev–Trinajstić information content (AvgIpc) is 2.29. The zero-order chi connectivity index (χ0) is 12.0. The van der Waals surface area contributed by atoms with Crippen LogP contribution in [0.3, 0.4) is 0 Å². The third kappa shape index (κ3) is 3.90. The molecule has 0 saturated carbocycles. The average molecular weight is 286 g/mol. The van der Waals surface area contributed by atoms with Gasteiger partial charge in [0.25, 0.3) is 5.91 Å². The zero-order valence-corrected chi connectivity index (χ0v) is 11.1. The number of halogens is 1. The van der Waals surface area contributed by atoms with E-state index in [4.69, 9.17) is 0 Å². The molecular weight excluding hydrogens is 270 g/mol. The van der Waals surface area contributed by atoms with Crippen LogP contribution in [-0.2, 0) is 0 Å². The van der Waals surface area contributed by atoms with Crippen LogP contribution in [0, 0.1) is 0 Å². The molecule has 0 saturated heterocycles. The Morgan fingerprint density at radius 3 is 3.00 bits per heavy atom. The van der Waals surface area contributed by atoms with E-state index in [1.54, 1.807) is 18.3 Å². The number of aromatic nitrogens is 1. The van der Waals surface area contributed by atoms with Crippen LogP contribution in [0.5, 0.6) is 0 Å². The quantitative estimate of drug-likeness (QED) is 0.892. The Balaban J connectivity index is 2.44. The van der Waals surface area contributed by atoms with Gasteiger partial charge in [-0.05, 0) is 41.7 Å². The van der Waals surface area contributed by atoms with E-state index in [0.29, 0.717) is 12.2 Å². The first kappa shape index (κ1) is 13.1. The summed E-state index contributed by atoms with van der Waals surface area (Å²) in [5, 5.41) is 2.83. The van der Waals surface area contributed by atoms with Crippen LogP contribution in [-0.4, -0.2) is 42.5 Å². The fraction of sp³-hybridized carbons (Fsp3) is 0.455. The third-order valence-corrected chi connectivity index (χ3v) is 2.93. The number of rotatable bonds is 5. The second kappa shape index (κ2) is 6.60. The first-order valence-electron chi connectivity index (χ1n) is 5.22. The van der Waals surface area contributed by atoms with Crippen LogP contribution < -0.4 is 5.32 Å². The highest BCUT2D eigenvalue weighted by atomic mass is 79.9. The maximum Gasteiger partial charge on any atom is 0.271 e. The minimum atomic E-state index is -0.142. The standard InChI is InChI=1S/C11H16BrN3O/c1-3-15(2)8-7-14-11(16)10-9(12)5-4-6-13-10/h4-6H,3,7-8H2,1-2H3,(H,14,16). The lowest BCUT2D eigenvalue weighted by Gasteiger charge is -2.13. The van der Waals surface area contributed by atoms with Crippen molar-refractivity contribution < 1.29 is 4.79 Å². The monoisotopic (exact) mass is 285 g/mol. The summed E-state index contributed by atoms with van der Waals surface area (Å²) in [6, 6.07) is 3.59. The van der Waals surface area contributed by atoms with Gasteiger partial charge in [0.05, 0.1) is 0 Å². The van der Waals surface area contributed by atoms with E-state index in [-0.39, 0.29) is 5.91 Å². The minimum Gasteiger partial charge on any atom is -0.349 e. The van der Waals surface area contributed by atoms with Gasteiger partial charge < -0.3 is 10.2 Å². The zero-order valence-electron chi connectivity index (χ0n) is 9.53. The van der Waals surface area contributed by atoms with Crippen molar-refractivity contribution in [2.75, 3.05) is 26.7 Å². The van der Waals surface area contributed by atoms with E-state index in [1.165, 1.54) is 0 Å². The van der Waals surface area contributed by atoms with Crippen molar-refractivity contribution in [3.05, 3.63) is 28.5 Å². The molecule has 0 aliphatic rings. The smallest absolute Gasteiger partial charge is 0.271 e. The Morgan fingerprint density at radius 2 is 2.38 bits per heavy atom. The summed E-state index contributed by atoms with van der Waals surface area (Å²) >= 11 is 3.30. The number of pyridine rings is 1. The second-order valence-electron chi connectivity index (χ2n) is 3.49. The molecule has 5 heteroatoms. The molecule has 1 aromatic heterocycles. The predicted octanol–water partition coefficient (Wildman–Crippen LogP) is 1.53. The summed E-state index contributed by atoms with van der Waals surface area (Å²) in [6.07, 6.45) is 1.61. The summed E-state index contributed by atoms with van der Waals surface area (Å²) in [5.41, 5.74) is 0.432. The summed E-state index contributed by atoms with van der Waals surface area (Å²) in [7, 11) is 2.02. The molecular formula is C11H16BrN3O. The van der Waals surface area contributed by atoms with Crippen LogP contribution in [0.2, 0.25) is 0 Å². The van der Waals surface area contributed by atoms with Crippen molar-refractivity contribution in [1.29, 1.82) is 0 Å². The van der Waals surface area contributed by atoms with Crippen molar-refractivity contribution in [2.45, 2.75) is 6.92 Å². The summed E-state index contributed by atoms with van der Waals surface area (Å²) in [5.74, 6) is -0.142. The molecule has 88 valence electrons. The van der Waals surface area contributed by atoms with Gasteiger partial charge in [0.1, 0.15) is 5.69 Å². The summed E-state index contributed by atoms with van der Waals surface area (Å²) in [6.45, 7) is 4.53. The fourth-order valence-electron chi connectivity index (χ4n) is 1.15. The summed E-state index contributed by atoms with van der Waals surface area (Å²) < 4.78 is 0.719. The molecule has 0 fully saturated rings. The van der Waals surface area contributed by atoms with Crippen LogP contribution in [0.15, 0.2) is 22.8 Å². The molecule has 0 aliphatic heterocycles. The molecule has 1 rings (SSSR count). The van der Waals surface area contributed by atoms with Crippen LogP contribution in [0.1, 0.15) is 17.4 Å². The first-order valence-corrected chi connectivity index (χ1v) is 6.01. The number of carbonyl (C=O) groups is 1. The number of nitrogens with zero attached hydrogens (tertiary/aromatic N) is 2. The number of amides is 1. The van der Waals surface area contributed by atoms with E-state index in [0.717, 1.165) is 17.6 Å². The van der Waals surface area contributed by atoms with Gasteiger partial charge >= 0.3 is 0 Å². The van der Waals surface area contributed by atoms with Gasteiger partial charge in [-0.15, -0.1) is 0 Å². The SMILES string of the molecule is CCN(C)CCNC(=O)c1ncccc1Br. The molecule has 1 aromatic rings. The third-order valence-electron chi connectivity index (χ3n) is 2.29. The highest BCUT2D eigenvalue weighted by Crippen LogP contribution is 2.12.